The lowest BCUT2D eigenvalue weighted by Gasteiger charge is -2.49. The Morgan fingerprint density at radius 1 is 0.686 bits per heavy atom. The van der Waals surface area contributed by atoms with Crippen LogP contribution in [0.1, 0.15) is 150 Å². The van der Waals surface area contributed by atoms with Crippen molar-refractivity contribution in [3.05, 3.63) is 24.3 Å². The lowest BCUT2D eigenvalue weighted by molar-refractivity contribution is -0.139. The molecule has 3 aliphatic carbocycles. The van der Waals surface area contributed by atoms with Gasteiger partial charge < -0.3 is 24.4 Å². The molecule has 3 aliphatic rings. The molecule has 0 aliphatic heterocycles. The normalized spacial score (nSPS) is 29.8. The Morgan fingerprint density at radius 2 is 1.25 bits per heavy atom. The average molecular weight is 717 g/mol. The molecule has 0 amide bonds. The van der Waals surface area contributed by atoms with Crippen LogP contribution in [-0.4, -0.2) is 61.3 Å². The van der Waals surface area contributed by atoms with E-state index in [9.17, 15) is 19.8 Å². The van der Waals surface area contributed by atoms with Crippen LogP contribution >= 0.6 is 0 Å². The standard InChI is InChI=1S/C44H76O7/c1-7-8-9-10-13-34-16-18-36(19-17-34)37-20-21-41(33(6)26-37)40-27-38(14-11-23-50-43(47)31(2)3)42(49-25-22-35(29-45)30-46)39(28-40)15-12-24-51-44(48)32(4)5/h33-42,45-46H,2,4,7-30H2,1,3,5-6H3. The van der Waals surface area contributed by atoms with Crippen LogP contribution in [0.25, 0.3) is 0 Å². The molecule has 0 bridgehead atoms. The van der Waals surface area contributed by atoms with Crippen molar-refractivity contribution in [1.29, 1.82) is 0 Å². The molecule has 2 N–H and O–H groups in total. The van der Waals surface area contributed by atoms with Gasteiger partial charge in [0.2, 0.25) is 0 Å². The molecule has 51 heavy (non-hydrogen) atoms. The highest BCUT2D eigenvalue weighted by Gasteiger charge is 2.44. The number of aliphatic hydroxyl groups is 2. The molecule has 0 heterocycles. The smallest absolute Gasteiger partial charge is 0.333 e. The van der Waals surface area contributed by atoms with E-state index in [1.54, 1.807) is 13.8 Å². The highest BCUT2D eigenvalue weighted by molar-refractivity contribution is 5.87. The summed E-state index contributed by atoms with van der Waals surface area (Å²) in [7, 11) is 0. The number of aliphatic hydroxyl groups excluding tert-OH is 2. The van der Waals surface area contributed by atoms with Crippen LogP contribution in [0.3, 0.4) is 0 Å². The van der Waals surface area contributed by atoms with Gasteiger partial charge in [0.25, 0.3) is 0 Å². The quantitative estimate of drug-likeness (QED) is 0.0617. The van der Waals surface area contributed by atoms with Crippen molar-refractivity contribution in [3.8, 4) is 0 Å². The van der Waals surface area contributed by atoms with Gasteiger partial charge in [-0.15, -0.1) is 0 Å². The number of esters is 2. The first-order valence-electron chi connectivity index (χ1n) is 21.1. The summed E-state index contributed by atoms with van der Waals surface area (Å²) in [6, 6.07) is 0. The molecule has 0 saturated heterocycles. The van der Waals surface area contributed by atoms with Crippen molar-refractivity contribution in [1.82, 2.24) is 0 Å². The van der Waals surface area contributed by atoms with Crippen molar-refractivity contribution < 1.29 is 34.0 Å². The minimum atomic E-state index is -0.336. The summed E-state index contributed by atoms with van der Waals surface area (Å²) in [6.45, 7) is 16.8. The number of ether oxygens (including phenoxy) is 3. The molecule has 0 radical (unpaired) electrons. The molecule has 0 aromatic rings. The van der Waals surface area contributed by atoms with Crippen molar-refractivity contribution in [2.45, 2.75) is 156 Å². The maximum atomic E-state index is 12.1. The van der Waals surface area contributed by atoms with E-state index in [0.717, 1.165) is 56.3 Å². The van der Waals surface area contributed by atoms with E-state index in [-0.39, 0.29) is 37.2 Å². The molecule has 0 aromatic carbocycles. The molecule has 294 valence electrons. The van der Waals surface area contributed by atoms with Crippen LogP contribution in [0.4, 0.5) is 0 Å². The van der Waals surface area contributed by atoms with Gasteiger partial charge in [0.1, 0.15) is 0 Å². The molecule has 7 heteroatoms. The fourth-order valence-corrected chi connectivity index (χ4v) is 9.99. The summed E-state index contributed by atoms with van der Waals surface area (Å²) in [5.41, 5.74) is 0.840. The summed E-state index contributed by atoms with van der Waals surface area (Å²) in [4.78, 5) is 24.2. The molecular formula is C44H76O7. The fraction of sp³-hybridized carbons (Fsp3) is 0.864. The average Bonchev–Trinajstić information content (AvgIpc) is 3.12. The van der Waals surface area contributed by atoms with Gasteiger partial charge in [-0.25, -0.2) is 9.59 Å². The molecule has 3 saturated carbocycles. The maximum Gasteiger partial charge on any atom is 0.333 e. The van der Waals surface area contributed by atoms with Gasteiger partial charge in [0, 0.05) is 36.9 Å². The Kier molecular flexibility index (Phi) is 20.4. The Bertz CT molecular complexity index is 984. The highest BCUT2D eigenvalue weighted by atomic mass is 16.5. The van der Waals surface area contributed by atoms with E-state index in [4.69, 9.17) is 14.2 Å². The SMILES string of the molecule is C=C(C)C(=O)OCCCC1CC(C2CCC(C3CCC(CCCCCC)CC3)CC2C)CC(CCCOC(=O)C(=C)C)C1OCCC(CO)CO. The number of hydrogen-bond donors (Lipinski definition) is 2. The first kappa shape index (κ1) is 43.7. The highest BCUT2D eigenvalue weighted by Crippen LogP contribution is 2.51. The zero-order chi connectivity index (χ0) is 37.2. The van der Waals surface area contributed by atoms with Crippen LogP contribution in [0, 0.1) is 53.3 Å². The van der Waals surface area contributed by atoms with E-state index in [1.165, 1.54) is 77.0 Å². The van der Waals surface area contributed by atoms with Gasteiger partial charge in [0.05, 0.1) is 19.3 Å². The fourth-order valence-electron chi connectivity index (χ4n) is 9.99. The number of unbranched alkanes of at least 4 members (excludes halogenated alkanes) is 3. The Hall–Kier alpha value is -1.70. The summed E-state index contributed by atoms with van der Waals surface area (Å²) in [5, 5.41) is 19.4. The molecule has 0 aromatic heterocycles. The zero-order valence-corrected chi connectivity index (χ0v) is 33.1. The minimum Gasteiger partial charge on any atom is -0.462 e. The van der Waals surface area contributed by atoms with E-state index in [1.807, 2.05) is 0 Å². The summed E-state index contributed by atoms with van der Waals surface area (Å²) in [5.74, 6) is 4.59. The van der Waals surface area contributed by atoms with Gasteiger partial charge >= 0.3 is 11.9 Å². The first-order valence-corrected chi connectivity index (χ1v) is 21.1. The number of carbonyl (C=O) groups excluding carboxylic acids is 2. The lowest BCUT2D eigenvalue weighted by Crippen LogP contribution is -2.44. The van der Waals surface area contributed by atoms with E-state index >= 15 is 0 Å². The van der Waals surface area contributed by atoms with Crippen LogP contribution < -0.4 is 0 Å². The molecule has 3 rings (SSSR count). The Labute approximate surface area is 311 Å². The first-order chi connectivity index (χ1) is 24.6. The second kappa shape index (κ2) is 23.9. The summed E-state index contributed by atoms with van der Waals surface area (Å²) < 4.78 is 17.7. The number of carbonyl (C=O) groups is 2. The largest absolute Gasteiger partial charge is 0.462 e. The van der Waals surface area contributed by atoms with Crippen LogP contribution in [0.15, 0.2) is 24.3 Å². The van der Waals surface area contributed by atoms with Crippen LogP contribution in [-0.2, 0) is 23.8 Å². The molecule has 0 spiro atoms. The van der Waals surface area contributed by atoms with Crippen molar-refractivity contribution in [2.75, 3.05) is 33.0 Å². The lowest BCUT2D eigenvalue weighted by atomic mass is 9.59. The second-order valence-corrected chi connectivity index (χ2v) is 17.1. The molecule has 7 nitrogen and oxygen atoms in total. The third-order valence-electron chi connectivity index (χ3n) is 13.0. The van der Waals surface area contributed by atoms with E-state index in [2.05, 4.69) is 27.0 Å². The van der Waals surface area contributed by atoms with Crippen LogP contribution in [0.5, 0.6) is 0 Å². The number of rotatable bonds is 23. The van der Waals surface area contributed by atoms with Gasteiger partial charge in [-0.3, -0.25) is 0 Å². The topological polar surface area (TPSA) is 102 Å². The van der Waals surface area contributed by atoms with Gasteiger partial charge in [0.15, 0.2) is 0 Å². The molecule has 3 fully saturated rings. The molecular weight excluding hydrogens is 640 g/mol. The van der Waals surface area contributed by atoms with Crippen molar-refractivity contribution >= 4 is 11.9 Å². The monoisotopic (exact) mass is 717 g/mol. The Balaban J connectivity index is 1.67. The predicted molar refractivity (Wildman–Crippen MR) is 206 cm³/mol. The van der Waals surface area contributed by atoms with Gasteiger partial charge in [-0.1, -0.05) is 72.0 Å². The maximum absolute atomic E-state index is 12.1. The third kappa shape index (κ3) is 14.9. The van der Waals surface area contributed by atoms with Gasteiger partial charge in [-0.05, 0) is 138 Å². The van der Waals surface area contributed by atoms with E-state index < -0.39 is 0 Å². The zero-order valence-electron chi connectivity index (χ0n) is 33.1. The predicted octanol–water partition coefficient (Wildman–Crippen LogP) is 9.63. The summed E-state index contributed by atoms with van der Waals surface area (Å²) >= 11 is 0. The minimum absolute atomic E-state index is 0.0387. The molecule has 5 atom stereocenters. The van der Waals surface area contributed by atoms with Crippen LogP contribution in [0.2, 0.25) is 0 Å². The van der Waals surface area contributed by atoms with E-state index in [0.29, 0.717) is 67.0 Å². The van der Waals surface area contributed by atoms with Crippen molar-refractivity contribution in [3.63, 3.8) is 0 Å². The Morgan fingerprint density at radius 3 is 1.76 bits per heavy atom. The summed E-state index contributed by atoms with van der Waals surface area (Å²) in [6.07, 6.45) is 23.1. The van der Waals surface area contributed by atoms with Gasteiger partial charge in [-0.2, -0.15) is 0 Å². The van der Waals surface area contributed by atoms with Crippen molar-refractivity contribution in [2.24, 2.45) is 53.3 Å². The number of hydrogen-bond acceptors (Lipinski definition) is 7. The molecule has 5 unspecified atom stereocenters. The third-order valence-corrected chi connectivity index (χ3v) is 13.0. The second-order valence-electron chi connectivity index (χ2n) is 17.1.